The minimum atomic E-state index is -4.39. The van der Waals surface area contributed by atoms with Crippen molar-refractivity contribution < 1.29 is 21.6 Å². The van der Waals surface area contributed by atoms with Crippen molar-refractivity contribution in [3.05, 3.63) is 17.5 Å². The molecule has 168 valence electrons. The van der Waals surface area contributed by atoms with Crippen LogP contribution in [0.2, 0.25) is 0 Å². The first-order chi connectivity index (χ1) is 14.1. The van der Waals surface area contributed by atoms with Gasteiger partial charge in [0.2, 0.25) is 0 Å². The summed E-state index contributed by atoms with van der Waals surface area (Å²) in [6.45, 7) is 1.87. The average Bonchev–Trinajstić information content (AvgIpc) is 3.36. The molecule has 0 radical (unpaired) electrons. The maximum absolute atomic E-state index is 13.2. The van der Waals surface area contributed by atoms with Crippen LogP contribution in [0.15, 0.2) is 6.07 Å². The van der Waals surface area contributed by atoms with Gasteiger partial charge in [-0.15, -0.1) is 0 Å². The van der Waals surface area contributed by atoms with Crippen LogP contribution in [0.5, 0.6) is 0 Å². The van der Waals surface area contributed by atoms with Gasteiger partial charge in [0.15, 0.2) is 15.5 Å². The Balaban J connectivity index is 1.25. The lowest BCUT2D eigenvalue weighted by molar-refractivity contribution is -0.141. The van der Waals surface area contributed by atoms with E-state index in [2.05, 4.69) is 10.00 Å². The normalized spacial score (nSPS) is 35.2. The Morgan fingerprint density at radius 2 is 1.73 bits per heavy atom. The summed E-state index contributed by atoms with van der Waals surface area (Å²) in [5.41, 5.74) is -0.0626. The van der Waals surface area contributed by atoms with Crippen LogP contribution in [-0.4, -0.2) is 53.7 Å². The first-order valence-electron chi connectivity index (χ1n) is 11.3. The molecule has 2 saturated heterocycles. The lowest BCUT2D eigenvalue weighted by Crippen LogP contribution is -2.49. The molecular weight excluding hydrogens is 415 g/mol. The Hall–Kier alpha value is -1.09. The molecule has 2 aliphatic carbocycles. The predicted octanol–water partition coefficient (Wildman–Crippen LogP) is 4.16. The molecule has 30 heavy (non-hydrogen) atoms. The van der Waals surface area contributed by atoms with Crippen LogP contribution in [0, 0.1) is 5.41 Å². The Morgan fingerprint density at radius 3 is 2.33 bits per heavy atom. The first-order valence-corrected chi connectivity index (χ1v) is 13.1. The number of sulfone groups is 1. The van der Waals surface area contributed by atoms with E-state index in [1.165, 1.54) is 6.07 Å². The molecule has 5 nitrogen and oxygen atoms in total. The number of halogens is 3. The first kappa shape index (κ1) is 20.8. The second-order valence-corrected chi connectivity index (χ2v) is 12.2. The highest BCUT2D eigenvalue weighted by atomic mass is 32.2. The van der Waals surface area contributed by atoms with Crippen LogP contribution in [0.3, 0.4) is 0 Å². The van der Waals surface area contributed by atoms with Gasteiger partial charge < -0.3 is 0 Å². The molecular formula is C21H30F3N3O2S. The van der Waals surface area contributed by atoms with Crippen LogP contribution >= 0.6 is 0 Å². The minimum absolute atomic E-state index is 0.0693. The van der Waals surface area contributed by atoms with Gasteiger partial charge >= 0.3 is 6.18 Å². The molecule has 1 aromatic rings. The van der Waals surface area contributed by atoms with Crippen molar-refractivity contribution in [1.82, 2.24) is 14.7 Å². The maximum atomic E-state index is 13.2. The van der Waals surface area contributed by atoms with Crippen molar-refractivity contribution in [3.63, 3.8) is 0 Å². The molecule has 2 saturated carbocycles. The third-order valence-corrected chi connectivity index (χ3v) is 9.62. The van der Waals surface area contributed by atoms with Gasteiger partial charge in [0.25, 0.3) is 0 Å². The molecule has 0 unspecified atom stereocenters. The van der Waals surface area contributed by atoms with E-state index < -0.39 is 21.7 Å². The predicted molar refractivity (Wildman–Crippen MR) is 107 cm³/mol. The van der Waals surface area contributed by atoms with E-state index in [-0.39, 0.29) is 17.4 Å². The fourth-order valence-corrected chi connectivity index (χ4v) is 8.26. The minimum Gasteiger partial charge on any atom is -0.300 e. The van der Waals surface area contributed by atoms with Crippen molar-refractivity contribution in [1.29, 1.82) is 0 Å². The molecule has 5 rings (SSSR count). The van der Waals surface area contributed by atoms with Crippen molar-refractivity contribution in [2.75, 3.05) is 24.6 Å². The smallest absolute Gasteiger partial charge is 0.300 e. The molecule has 0 bridgehead atoms. The highest BCUT2D eigenvalue weighted by molar-refractivity contribution is 7.91. The van der Waals surface area contributed by atoms with Crippen LogP contribution in [0.4, 0.5) is 13.2 Å². The zero-order chi connectivity index (χ0) is 21.1. The second kappa shape index (κ2) is 7.22. The number of aromatic nitrogens is 2. The molecule has 2 aliphatic heterocycles. The van der Waals surface area contributed by atoms with E-state index in [1.54, 1.807) is 4.68 Å². The standard InChI is InChI=1S/C21H30F3N3O2S/c22-21(23,24)19-12-18(27(25-19)17-6-7-17)15-2-4-16(5-3-15)26-10-1-8-20(13-26)9-11-30(28,29)14-20/h12,15-17H,1-11,13-14H2/t15?,16?,20-/m0/s1. The quantitative estimate of drug-likeness (QED) is 0.701. The summed E-state index contributed by atoms with van der Waals surface area (Å²) in [5, 5.41) is 3.91. The number of likely N-dealkylation sites (tertiary alicyclic amines) is 1. The van der Waals surface area contributed by atoms with E-state index >= 15 is 0 Å². The van der Waals surface area contributed by atoms with Crippen molar-refractivity contribution >= 4 is 9.84 Å². The molecule has 4 aliphatic rings. The van der Waals surface area contributed by atoms with Gasteiger partial charge in [0, 0.05) is 24.2 Å². The number of hydrogen-bond acceptors (Lipinski definition) is 4. The molecule has 9 heteroatoms. The summed E-state index contributed by atoms with van der Waals surface area (Å²) in [4.78, 5) is 2.49. The molecule has 1 spiro atoms. The van der Waals surface area contributed by atoms with Crippen molar-refractivity contribution in [3.8, 4) is 0 Å². The third kappa shape index (κ3) is 4.04. The Labute approximate surface area is 175 Å². The zero-order valence-corrected chi connectivity index (χ0v) is 18.0. The number of alkyl halides is 3. The van der Waals surface area contributed by atoms with E-state index in [0.717, 1.165) is 76.6 Å². The second-order valence-electron chi connectivity index (χ2n) is 10.0. The zero-order valence-electron chi connectivity index (χ0n) is 17.2. The summed E-state index contributed by atoms with van der Waals surface area (Å²) in [6, 6.07) is 1.84. The summed E-state index contributed by atoms with van der Waals surface area (Å²) >= 11 is 0. The van der Waals surface area contributed by atoms with Gasteiger partial charge in [-0.05, 0) is 75.8 Å². The largest absolute Gasteiger partial charge is 0.435 e. The summed E-state index contributed by atoms with van der Waals surface area (Å²) < 4.78 is 65.4. The van der Waals surface area contributed by atoms with Gasteiger partial charge in [-0.3, -0.25) is 9.58 Å². The summed E-state index contributed by atoms with van der Waals surface area (Å²) in [6.07, 6.45) is 3.94. The third-order valence-electron chi connectivity index (χ3n) is 7.74. The molecule has 3 heterocycles. The van der Waals surface area contributed by atoms with Gasteiger partial charge in [-0.2, -0.15) is 18.3 Å². The van der Waals surface area contributed by atoms with E-state index in [4.69, 9.17) is 0 Å². The fraction of sp³-hybridized carbons (Fsp3) is 0.857. The molecule has 0 N–H and O–H groups in total. The Kier molecular flexibility index (Phi) is 5.00. The van der Waals surface area contributed by atoms with Gasteiger partial charge in [-0.1, -0.05) is 0 Å². The van der Waals surface area contributed by atoms with Gasteiger partial charge in [0.1, 0.15) is 0 Å². The Morgan fingerprint density at radius 1 is 1.03 bits per heavy atom. The highest BCUT2D eigenvalue weighted by Gasteiger charge is 2.46. The number of rotatable bonds is 3. The summed E-state index contributed by atoms with van der Waals surface area (Å²) in [7, 11) is -2.90. The highest BCUT2D eigenvalue weighted by Crippen LogP contribution is 2.45. The number of nitrogens with zero attached hydrogens (tertiary/aromatic N) is 3. The lowest BCUT2D eigenvalue weighted by atomic mass is 9.77. The van der Waals surface area contributed by atoms with Crippen LogP contribution in [0.25, 0.3) is 0 Å². The summed E-state index contributed by atoms with van der Waals surface area (Å²) in [5.74, 6) is 0.781. The number of hydrogen-bond donors (Lipinski definition) is 0. The van der Waals surface area contributed by atoms with E-state index in [0.29, 0.717) is 17.5 Å². The Bertz CT molecular complexity index is 901. The maximum Gasteiger partial charge on any atom is 0.435 e. The number of piperidine rings is 1. The molecule has 0 amide bonds. The fourth-order valence-electron chi connectivity index (χ4n) is 6.06. The van der Waals surface area contributed by atoms with Crippen LogP contribution < -0.4 is 0 Å². The molecule has 1 aromatic heterocycles. The monoisotopic (exact) mass is 445 g/mol. The van der Waals surface area contributed by atoms with Crippen molar-refractivity contribution in [2.45, 2.75) is 82.0 Å². The SMILES string of the molecule is O=S1(=O)CC[C@]2(CCCN(C3CCC(c4cc(C(F)(F)F)nn4C4CC4)CC3)C2)C1. The topological polar surface area (TPSA) is 55.2 Å². The van der Waals surface area contributed by atoms with Crippen LogP contribution in [-0.2, 0) is 16.0 Å². The van der Waals surface area contributed by atoms with Crippen molar-refractivity contribution in [2.24, 2.45) is 5.41 Å². The molecule has 0 aromatic carbocycles. The van der Waals surface area contributed by atoms with E-state index in [1.807, 2.05) is 0 Å². The van der Waals surface area contributed by atoms with Gasteiger partial charge in [0.05, 0.1) is 17.5 Å². The molecule has 4 fully saturated rings. The average molecular weight is 446 g/mol. The van der Waals surface area contributed by atoms with Crippen LogP contribution in [0.1, 0.15) is 81.1 Å². The van der Waals surface area contributed by atoms with E-state index in [9.17, 15) is 21.6 Å². The lowest BCUT2D eigenvalue weighted by Gasteiger charge is -2.45. The van der Waals surface area contributed by atoms with Gasteiger partial charge in [-0.25, -0.2) is 8.42 Å². The molecule has 1 atom stereocenters.